The number of piperidine rings is 1. The normalized spacial score (nSPS) is 19.2. The van der Waals surface area contributed by atoms with Gasteiger partial charge in [0.1, 0.15) is 35.4 Å². The van der Waals surface area contributed by atoms with E-state index in [1.165, 1.54) is 32.2 Å². The lowest BCUT2D eigenvalue weighted by Crippen LogP contribution is -2.60. The third kappa shape index (κ3) is 17.1. The zero-order valence-corrected chi connectivity index (χ0v) is 42.3. The fraction of sp³-hybridized carbons (Fsp3) is 0.660. The summed E-state index contributed by atoms with van der Waals surface area (Å²) in [6.45, 7) is 19.6. The van der Waals surface area contributed by atoms with Crippen molar-refractivity contribution in [2.24, 2.45) is 11.3 Å². The standard InChI is InChI=1S/C53H81N7O8/c1-36(2)31-42(56-46(62)43(32-38-20-12-10-13-21-38)57-47(63)44(33-39-22-14-11-15-23-39)58-50(66)68-52(7,8)9)45(61)55-41(24-16-17-27-54-49(65)67-51(4,5)6)48(64)59-29-25-53(26-30-59)34-40(35-53)60-28-18-19-37(60)3/h10-15,20-23,36-37,40-44H,16-19,24-35H2,1-9H3,(H,54,65)(H,55,61)(H,56,62)(H,57,63)(H,58,66)/t37-,41+,42+,43+,44+/m0/s1. The first-order chi connectivity index (χ1) is 32.1. The molecule has 1 saturated carbocycles. The van der Waals surface area contributed by atoms with Gasteiger partial charge in [-0.2, -0.15) is 0 Å². The number of alkyl carbamates (subject to hydrolysis) is 2. The van der Waals surface area contributed by atoms with Gasteiger partial charge in [-0.05, 0) is 142 Å². The average molecular weight is 944 g/mol. The van der Waals surface area contributed by atoms with Crippen LogP contribution >= 0.6 is 0 Å². The molecule has 15 heteroatoms. The number of hydrogen-bond acceptors (Lipinski definition) is 9. The summed E-state index contributed by atoms with van der Waals surface area (Å²) in [4.78, 5) is 87.6. The van der Waals surface area contributed by atoms with Crippen LogP contribution in [0.25, 0.3) is 0 Å². The molecular formula is C53H81N7O8. The number of ether oxygens (including phenoxy) is 2. The van der Waals surface area contributed by atoms with Gasteiger partial charge in [0, 0.05) is 44.6 Å². The van der Waals surface area contributed by atoms with Gasteiger partial charge in [-0.1, -0.05) is 74.5 Å². The van der Waals surface area contributed by atoms with E-state index in [0.717, 1.165) is 24.0 Å². The summed E-state index contributed by atoms with van der Waals surface area (Å²) in [7, 11) is 0. The molecular weight excluding hydrogens is 863 g/mol. The SMILES string of the molecule is CC(C)C[C@@H](NC(=O)[C@@H](Cc1ccccc1)NC(=O)[C@@H](Cc1ccccc1)NC(=O)OC(C)(C)C)C(=O)N[C@H](CCCCNC(=O)OC(C)(C)C)C(=O)N1CCC2(CC1)CC(N1CCC[C@@H]1C)C2. The van der Waals surface area contributed by atoms with Crippen molar-refractivity contribution in [2.75, 3.05) is 26.2 Å². The molecule has 0 aromatic heterocycles. The summed E-state index contributed by atoms with van der Waals surface area (Å²) in [6.07, 6.45) is 7.34. The van der Waals surface area contributed by atoms with Crippen molar-refractivity contribution in [2.45, 2.75) is 187 Å². The summed E-state index contributed by atoms with van der Waals surface area (Å²) >= 11 is 0. The first kappa shape index (κ1) is 53.8. The molecule has 3 aliphatic rings. The molecule has 15 nitrogen and oxygen atoms in total. The Morgan fingerprint density at radius 2 is 1.16 bits per heavy atom. The van der Waals surface area contributed by atoms with Gasteiger partial charge in [-0.25, -0.2) is 9.59 Å². The van der Waals surface area contributed by atoms with Crippen molar-refractivity contribution in [3.8, 4) is 0 Å². The number of hydrogen-bond donors (Lipinski definition) is 5. The van der Waals surface area contributed by atoms with Gasteiger partial charge in [0.2, 0.25) is 23.6 Å². The molecule has 2 saturated heterocycles. The molecule has 0 radical (unpaired) electrons. The lowest BCUT2D eigenvalue weighted by Gasteiger charge is -2.55. The van der Waals surface area contributed by atoms with Crippen LogP contribution in [0.3, 0.4) is 0 Å². The molecule has 5 atom stereocenters. The Hall–Kier alpha value is -5.18. The molecule has 1 aliphatic carbocycles. The number of unbranched alkanes of at least 4 members (excludes halogenated alkanes) is 1. The summed E-state index contributed by atoms with van der Waals surface area (Å²) < 4.78 is 10.9. The Kier molecular flexibility index (Phi) is 19.3. The molecule has 376 valence electrons. The molecule has 2 aromatic carbocycles. The Morgan fingerprint density at radius 3 is 1.68 bits per heavy atom. The molecule has 2 aromatic rings. The molecule has 2 aliphatic heterocycles. The van der Waals surface area contributed by atoms with Crippen LogP contribution < -0.4 is 26.6 Å². The molecule has 0 unspecified atom stereocenters. The number of likely N-dealkylation sites (tertiary alicyclic amines) is 2. The van der Waals surface area contributed by atoms with E-state index in [0.29, 0.717) is 51.0 Å². The van der Waals surface area contributed by atoms with Crippen molar-refractivity contribution >= 4 is 35.8 Å². The molecule has 1 spiro atoms. The number of nitrogens with zero attached hydrogens (tertiary/aromatic N) is 2. The van der Waals surface area contributed by atoms with Crippen molar-refractivity contribution in [3.63, 3.8) is 0 Å². The monoisotopic (exact) mass is 944 g/mol. The van der Waals surface area contributed by atoms with Crippen LogP contribution in [0.2, 0.25) is 0 Å². The Bertz CT molecular complexity index is 1970. The lowest BCUT2D eigenvalue weighted by molar-refractivity contribution is -0.141. The molecule has 6 amide bonds. The van der Waals surface area contributed by atoms with Crippen LogP contribution in [0.4, 0.5) is 9.59 Å². The van der Waals surface area contributed by atoms with E-state index in [4.69, 9.17) is 9.47 Å². The first-order valence-electron chi connectivity index (χ1n) is 25.1. The van der Waals surface area contributed by atoms with Crippen LogP contribution in [0, 0.1) is 11.3 Å². The van der Waals surface area contributed by atoms with Crippen LogP contribution in [-0.4, -0.2) is 119 Å². The summed E-state index contributed by atoms with van der Waals surface area (Å²) in [6, 6.07) is 15.6. The number of carbonyl (C=O) groups excluding carboxylic acids is 6. The fourth-order valence-corrected chi connectivity index (χ4v) is 9.83. The zero-order chi connectivity index (χ0) is 49.6. The van der Waals surface area contributed by atoms with Gasteiger partial charge in [0.05, 0.1) is 0 Å². The highest BCUT2D eigenvalue weighted by molar-refractivity contribution is 5.95. The van der Waals surface area contributed by atoms with E-state index in [1.807, 2.05) is 79.4 Å². The van der Waals surface area contributed by atoms with E-state index in [9.17, 15) is 28.8 Å². The molecule has 0 bridgehead atoms. The molecule has 5 rings (SSSR count). The number of nitrogens with one attached hydrogen (secondary N) is 5. The number of benzene rings is 2. The predicted octanol–water partition coefficient (Wildman–Crippen LogP) is 6.82. The summed E-state index contributed by atoms with van der Waals surface area (Å²) in [5.41, 5.74) is 0.366. The molecule has 2 heterocycles. The van der Waals surface area contributed by atoms with Gasteiger partial charge in [-0.3, -0.25) is 24.1 Å². The van der Waals surface area contributed by atoms with E-state index < -0.39 is 65.3 Å². The zero-order valence-electron chi connectivity index (χ0n) is 42.3. The van der Waals surface area contributed by atoms with Crippen LogP contribution in [-0.2, 0) is 41.5 Å². The van der Waals surface area contributed by atoms with Crippen LogP contribution in [0.1, 0.15) is 138 Å². The lowest BCUT2D eigenvalue weighted by atomic mass is 9.60. The largest absolute Gasteiger partial charge is 0.444 e. The predicted molar refractivity (Wildman–Crippen MR) is 263 cm³/mol. The highest BCUT2D eigenvalue weighted by Gasteiger charge is 2.50. The first-order valence-corrected chi connectivity index (χ1v) is 25.1. The Labute approximate surface area is 405 Å². The second-order valence-electron chi connectivity index (χ2n) is 21.9. The summed E-state index contributed by atoms with van der Waals surface area (Å²) in [5, 5.41) is 14.4. The molecule has 3 fully saturated rings. The van der Waals surface area contributed by atoms with Gasteiger partial charge < -0.3 is 41.0 Å². The molecule has 68 heavy (non-hydrogen) atoms. The molecule has 5 N–H and O–H groups in total. The highest BCUT2D eigenvalue weighted by Crippen LogP contribution is 2.52. The second kappa shape index (κ2) is 24.4. The van der Waals surface area contributed by atoms with Crippen LogP contribution in [0.15, 0.2) is 60.7 Å². The maximum atomic E-state index is 14.5. The van der Waals surface area contributed by atoms with E-state index >= 15 is 0 Å². The number of rotatable bonds is 20. The highest BCUT2D eigenvalue weighted by atomic mass is 16.6. The minimum Gasteiger partial charge on any atom is -0.444 e. The third-order valence-corrected chi connectivity index (χ3v) is 13.3. The third-order valence-electron chi connectivity index (χ3n) is 13.3. The maximum absolute atomic E-state index is 14.5. The maximum Gasteiger partial charge on any atom is 0.408 e. The Morgan fingerprint density at radius 1 is 0.662 bits per heavy atom. The fourth-order valence-electron chi connectivity index (χ4n) is 9.83. The smallest absolute Gasteiger partial charge is 0.408 e. The van der Waals surface area contributed by atoms with Crippen LogP contribution in [0.5, 0.6) is 0 Å². The minimum atomic E-state index is -1.14. The number of amides is 6. The van der Waals surface area contributed by atoms with Gasteiger partial charge >= 0.3 is 12.2 Å². The quantitative estimate of drug-likeness (QED) is 0.0889. The summed E-state index contributed by atoms with van der Waals surface area (Å²) in [5.74, 6) is -1.85. The number of carbonyl (C=O) groups is 6. The second-order valence-corrected chi connectivity index (χ2v) is 21.9. The van der Waals surface area contributed by atoms with Crippen molar-refractivity contribution in [1.29, 1.82) is 0 Å². The van der Waals surface area contributed by atoms with E-state index in [1.54, 1.807) is 41.5 Å². The topological polar surface area (TPSA) is 188 Å². The minimum absolute atomic E-state index is 0.0253. The van der Waals surface area contributed by atoms with Crippen molar-refractivity contribution < 1.29 is 38.2 Å². The van der Waals surface area contributed by atoms with Gasteiger partial charge in [0.15, 0.2) is 0 Å². The van der Waals surface area contributed by atoms with E-state index in [-0.39, 0.29) is 36.5 Å². The Balaban J connectivity index is 1.30. The van der Waals surface area contributed by atoms with Gasteiger partial charge in [-0.15, -0.1) is 0 Å². The van der Waals surface area contributed by atoms with E-state index in [2.05, 4.69) is 38.4 Å². The average Bonchev–Trinajstić information content (AvgIpc) is 3.68. The van der Waals surface area contributed by atoms with Crippen molar-refractivity contribution in [3.05, 3.63) is 71.8 Å². The van der Waals surface area contributed by atoms with Crippen molar-refractivity contribution in [1.82, 2.24) is 36.4 Å². The van der Waals surface area contributed by atoms with Gasteiger partial charge in [0.25, 0.3) is 0 Å².